The number of aliphatic hydroxyl groups excluding tert-OH is 1. The predicted molar refractivity (Wildman–Crippen MR) is 103 cm³/mol. The Hall–Kier alpha value is -2.90. The van der Waals surface area contributed by atoms with E-state index in [4.69, 9.17) is 0 Å². The third-order valence-electron chi connectivity index (χ3n) is 5.38. The van der Waals surface area contributed by atoms with Gasteiger partial charge in [0.1, 0.15) is 0 Å². The fourth-order valence-corrected chi connectivity index (χ4v) is 4.29. The Kier molecular flexibility index (Phi) is 3.22. The zero-order valence-corrected chi connectivity index (χ0v) is 13.8. The minimum Gasteiger partial charge on any atom is -0.392 e. The molecule has 0 saturated carbocycles. The highest BCUT2D eigenvalue weighted by atomic mass is 16.3. The van der Waals surface area contributed by atoms with Crippen LogP contribution in [-0.4, -0.2) is 5.11 Å². The van der Waals surface area contributed by atoms with Crippen LogP contribution in [0.3, 0.4) is 0 Å². The van der Waals surface area contributed by atoms with Gasteiger partial charge in [-0.1, -0.05) is 84.9 Å². The van der Waals surface area contributed by atoms with Gasteiger partial charge < -0.3 is 5.11 Å². The van der Waals surface area contributed by atoms with E-state index >= 15 is 0 Å². The van der Waals surface area contributed by atoms with E-state index in [1.54, 1.807) is 0 Å². The molecule has 4 aromatic rings. The summed E-state index contributed by atoms with van der Waals surface area (Å²) in [6.07, 6.45) is 0. The first-order valence-corrected chi connectivity index (χ1v) is 8.68. The van der Waals surface area contributed by atoms with Crippen LogP contribution in [0.15, 0.2) is 84.9 Å². The molecule has 0 heterocycles. The summed E-state index contributed by atoms with van der Waals surface area (Å²) >= 11 is 0. The first-order valence-electron chi connectivity index (χ1n) is 8.68. The highest BCUT2D eigenvalue weighted by molar-refractivity contribution is 5.89. The Balaban J connectivity index is 1.83. The van der Waals surface area contributed by atoms with Crippen LogP contribution in [0.1, 0.15) is 28.2 Å². The molecule has 1 aliphatic carbocycles. The van der Waals surface area contributed by atoms with Crippen LogP contribution in [0.4, 0.5) is 0 Å². The Morgan fingerprint density at radius 1 is 0.600 bits per heavy atom. The summed E-state index contributed by atoms with van der Waals surface area (Å²) in [6, 6.07) is 29.9. The van der Waals surface area contributed by atoms with E-state index in [-0.39, 0.29) is 12.5 Å². The Morgan fingerprint density at radius 2 is 1.20 bits per heavy atom. The van der Waals surface area contributed by atoms with Crippen molar-refractivity contribution >= 4 is 10.8 Å². The average molecular weight is 322 g/mol. The molecule has 0 atom stereocenters. The molecule has 0 aromatic heterocycles. The minimum absolute atomic E-state index is 0.0531. The van der Waals surface area contributed by atoms with Crippen molar-refractivity contribution in [3.8, 4) is 11.1 Å². The lowest BCUT2D eigenvalue weighted by Crippen LogP contribution is -2.04. The average Bonchev–Trinajstić information content (AvgIpc) is 3.01. The minimum atomic E-state index is 0.0531. The van der Waals surface area contributed by atoms with Gasteiger partial charge in [0.2, 0.25) is 0 Å². The Morgan fingerprint density at radius 3 is 1.88 bits per heavy atom. The highest BCUT2D eigenvalue weighted by Crippen LogP contribution is 2.49. The van der Waals surface area contributed by atoms with Gasteiger partial charge in [0.15, 0.2) is 0 Å². The van der Waals surface area contributed by atoms with E-state index in [1.165, 1.54) is 33.2 Å². The number of rotatable bonds is 2. The lowest BCUT2D eigenvalue weighted by molar-refractivity contribution is 0.282. The first kappa shape index (κ1) is 14.4. The van der Waals surface area contributed by atoms with E-state index in [9.17, 15) is 5.11 Å². The molecule has 25 heavy (non-hydrogen) atoms. The molecule has 0 spiro atoms. The van der Waals surface area contributed by atoms with Crippen molar-refractivity contribution in [2.75, 3.05) is 0 Å². The van der Waals surface area contributed by atoms with Gasteiger partial charge >= 0.3 is 0 Å². The zero-order chi connectivity index (χ0) is 16.8. The predicted octanol–water partition coefficient (Wildman–Crippen LogP) is 5.49. The summed E-state index contributed by atoms with van der Waals surface area (Å²) in [5.74, 6) is 0.180. The van der Waals surface area contributed by atoms with E-state index in [1.807, 2.05) is 12.1 Å². The number of aliphatic hydroxyl groups is 1. The summed E-state index contributed by atoms with van der Waals surface area (Å²) in [5.41, 5.74) is 7.51. The topological polar surface area (TPSA) is 20.2 Å². The fourth-order valence-electron chi connectivity index (χ4n) is 4.29. The standard InChI is InChI=1S/C24H18O/c25-15-23-17-8-2-1-7-16(17)13-14-22(23)24-20-11-5-3-9-18(20)19-10-4-6-12-21(19)24/h1-14,24-25H,15H2. The Bertz CT molecular complexity index is 1050. The van der Waals surface area contributed by atoms with Crippen LogP contribution < -0.4 is 0 Å². The third kappa shape index (κ3) is 2.06. The second-order valence-electron chi connectivity index (χ2n) is 6.62. The molecule has 1 N–H and O–H groups in total. The van der Waals surface area contributed by atoms with Crippen LogP contribution in [-0.2, 0) is 6.61 Å². The molecule has 120 valence electrons. The van der Waals surface area contributed by atoms with Gasteiger partial charge in [0, 0.05) is 5.92 Å². The molecular weight excluding hydrogens is 304 g/mol. The lowest BCUT2D eigenvalue weighted by Gasteiger charge is -2.19. The summed E-state index contributed by atoms with van der Waals surface area (Å²) in [6.45, 7) is 0.0531. The van der Waals surface area contributed by atoms with E-state index in [2.05, 4.69) is 72.8 Å². The monoisotopic (exact) mass is 322 g/mol. The number of fused-ring (bicyclic) bond motifs is 4. The van der Waals surface area contributed by atoms with Gasteiger partial charge in [-0.05, 0) is 44.2 Å². The lowest BCUT2D eigenvalue weighted by atomic mass is 9.84. The maximum atomic E-state index is 10.2. The van der Waals surface area contributed by atoms with Crippen LogP contribution in [0, 0.1) is 0 Å². The van der Waals surface area contributed by atoms with Crippen molar-refractivity contribution in [1.82, 2.24) is 0 Å². The summed E-state index contributed by atoms with van der Waals surface area (Å²) in [7, 11) is 0. The normalized spacial score (nSPS) is 13.0. The van der Waals surface area contributed by atoms with Crippen LogP contribution in [0.2, 0.25) is 0 Å². The zero-order valence-electron chi connectivity index (χ0n) is 13.8. The van der Waals surface area contributed by atoms with Crippen molar-refractivity contribution in [3.63, 3.8) is 0 Å². The highest BCUT2D eigenvalue weighted by Gasteiger charge is 2.30. The molecule has 0 saturated heterocycles. The molecule has 5 rings (SSSR count). The maximum Gasteiger partial charge on any atom is 0.0690 e. The van der Waals surface area contributed by atoms with Crippen molar-refractivity contribution in [2.45, 2.75) is 12.5 Å². The Labute approximate surface area is 147 Å². The smallest absolute Gasteiger partial charge is 0.0690 e. The van der Waals surface area contributed by atoms with E-state index in [0.29, 0.717) is 0 Å². The molecule has 0 fully saturated rings. The number of benzene rings is 4. The molecule has 4 aromatic carbocycles. The van der Waals surface area contributed by atoms with Gasteiger partial charge in [-0.2, -0.15) is 0 Å². The summed E-state index contributed by atoms with van der Waals surface area (Å²) in [4.78, 5) is 0. The summed E-state index contributed by atoms with van der Waals surface area (Å²) in [5, 5.41) is 12.5. The maximum absolute atomic E-state index is 10.2. The number of hydrogen-bond acceptors (Lipinski definition) is 1. The van der Waals surface area contributed by atoms with E-state index < -0.39 is 0 Å². The van der Waals surface area contributed by atoms with Crippen LogP contribution >= 0.6 is 0 Å². The third-order valence-corrected chi connectivity index (χ3v) is 5.38. The molecule has 0 aliphatic heterocycles. The van der Waals surface area contributed by atoms with E-state index in [0.717, 1.165) is 10.9 Å². The first-order chi connectivity index (χ1) is 12.4. The molecule has 0 radical (unpaired) electrons. The molecule has 0 bridgehead atoms. The molecule has 1 heteroatoms. The molecule has 0 amide bonds. The van der Waals surface area contributed by atoms with Gasteiger partial charge in [-0.3, -0.25) is 0 Å². The molecule has 1 nitrogen and oxygen atoms in total. The van der Waals surface area contributed by atoms with Crippen molar-refractivity contribution in [2.24, 2.45) is 0 Å². The SMILES string of the molecule is OCc1c(C2c3ccccc3-c3ccccc32)ccc2ccccc12. The second kappa shape index (κ2) is 5.58. The molecular formula is C24H18O. The van der Waals surface area contributed by atoms with Gasteiger partial charge in [-0.15, -0.1) is 0 Å². The quantitative estimate of drug-likeness (QED) is 0.455. The van der Waals surface area contributed by atoms with Crippen LogP contribution in [0.25, 0.3) is 21.9 Å². The van der Waals surface area contributed by atoms with Crippen molar-refractivity contribution < 1.29 is 5.11 Å². The largest absolute Gasteiger partial charge is 0.392 e. The fraction of sp³-hybridized carbons (Fsp3) is 0.0833. The van der Waals surface area contributed by atoms with Crippen molar-refractivity contribution in [1.29, 1.82) is 0 Å². The van der Waals surface area contributed by atoms with Crippen LogP contribution in [0.5, 0.6) is 0 Å². The van der Waals surface area contributed by atoms with Gasteiger partial charge in [0.25, 0.3) is 0 Å². The second-order valence-corrected chi connectivity index (χ2v) is 6.62. The van der Waals surface area contributed by atoms with Crippen molar-refractivity contribution in [3.05, 3.63) is 107 Å². The summed E-state index contributed by atoms with van der Waals surface area (Å²) < 4.78 is 0. The van der Waals surface area contributed by atoms with Gasteiger partial charge in [-0.25, -0.2) is 0 Å². The molecule has 1 aliphatic rings. The van der Waals surface area contributed by atoms with Gasteiger partial charge in [0.05, 0.1) is 6.61 Å². The molecule has 0 unspecified atom stereocenters. The number of hydrogen-bond donors (Lipinski definition) is 1.